The Bertz CT molecular complexity index is 1410. The molecule has 0 saturated carbocycles. The lowest BCUT2D eigenvalue weighted by atomic mass is 9.96. The molecule has 4 rings (SSSR count). The molecule has 0 spiro atoms. The van der Waals surface area contributed by atoms with Crippen LogP contribution in [0.15, 0.2) is 79.3 Å². The molecule has 0 fully saturated rings. The summed E-state index contributed by atoms with van der Waals surface area (Å²) < 4.78 is 40.8. The van der Waals surface area contributed by atoms with E-state index in [9.17, 15) is 18.0 Å². The largest absolute Gasteiger partial charge is 0.416 e. The quantitative estimate of drug-likeness (QED) is 0.307. The molecule has 1 unspecified atom stereocenters. The summed E-state index contributed by atoms with van der Waals surface area (Å²) in [5, 5.41) is 19.1. The maximum Gasteiger partial charge on any atom is 0.416 e. The van der Waals surface area contributed by atoms with Crippen LogP contribution in [-0.2, 0) is 24.4 Å². The first-order chi connectivity index (χ1) is 18.2. The van der Waals surface area contributed by atoms with Crippen LogP contribution in [0.3, 0.4) is 0 Å². The Morgan fingerprint density at radius 3 is 2.34 bits per heavy atom. The highest BCUT2D eigenvalue weighted by Crippen LogP contribution is 2.30. The van der Waals surface area contributed by atoms with Gasteiger partial charge >= 0.3 is 6.18 Å². The number of hydrogen-bond acceptors (Lipinski definition) is 5. The second-order valence-corrected chi connectivity index (χ2v) is 8.76. The fraction of sp³-hybridized carbons (Fsp3) is 0.214. The van der Waals surface area contributed by atoms with Crippen LogP contribution < -0.4 is 10.6 Å². The second kappa shape index (κ2) is 11.7. The molecular formula is C28H25F3N6O. The number of aryl methyl sites for hydroxylation is 1. The minimum atomic E-state index is -4.46. The number of carbonyl (C=O) groups excluding carboxylic acids is 1. The van der Waals surface area contributed by atoms with E-state index < -0.39 is 23.6 Å². The van der Waals surface area contributed by atoms with Crippen molar-refractivity contribution in [2.45, 2.75) is 18.5 Å². The third-order valence-corrected chi connectivity index (χ3v) is 6.03. The van der Waals surface area contributed by atoms with E-state index in [4.69, 9.17) is 5.26 Å². The summed E-state index contributed by atoms with van der Waals surface area (Å²) in [4.78, 5) is 17.5. The summed E-state index contributed by atoms with van der Waals surface area (Å²) >= 11 is 0. The highest BCUT2D eigenvalue weighted by Gasteiger charge is 2.31. The predicted octanol–water partition coefficient (Wildman–Crippen LogP) is 4.93. The standard InChI is InChI=1S/C28H25F3N6O/c1-37-18-23(16-35-37)22-8-11-26(34-15-22)36-27(38)25(21-6-9-24(10-7-21)28(29,30)31)17-33-13-12-19-2-4-20(14-32)5-3-19/h2-11,15-16,18,25,33H,12-13,17H2,1H3,(H,34,36,38). The molecule has 1 atom stereocenters. The number of pyridine rings is 1. The average molecular weight is 519 g/mol. The van der Waals surface area contributed by atoms with Crippen LogP contribution in [0.25, 0.3) is 11.1 Å². The number of benzene rings is 2. The highest BCUT2D eigenvalue weighted by atomic mass is 19.4. The first-order valence-corrected chi connectivity index (χ1v) is 11.9. The number of nitrogens with one attached hydrogen (secondary N) is 2. The number of anilines is 1. The molecule has 0 aliphatic heterocycles. The number of aromatic nitrogens is 3. The molecule has 2 N–H and O–H groups in total. The fourth-order valence-corrected chi connectivity index (χ4v) is 3.91. The molecule has 0 aliphatic carbocycles. The molecule has 0 bridgehead atoms. The molecule has 2 heterocycles. The summed E-state index contributed by atoms with van der Waals surface area (Å²) in [5.41, 5.74) is 2.98. The SMILES string of the molecule is Cn1cc(-c2ccc(NC(=O)C(CNCCc3ccc(C#N)cc3)c3ccc(C(F)(F)F)cc3)nc2)cn1. The number of hydrogen-bond donors (Lipinski definition) is 2. The van der Waals surface area contributed by atoms with Crippen molar-refractivity contribution in [3.8, 4) is 17.2 Å². The van der Waals surface area contributed by atoms with Gasteiger partial charge in [0.25, 0.3) is 0 Å². The minimum absolute atomic E-state index is 0.210. The first-order valence-electron chi connectivity index (χ1n) is 11.9. The molecule has 194 valence electrons. The van der Waals surface area contributed by atoms with Gasteiger partial charge in [-0.1, -0.05) is 24.3 Å². The van der Waals surface area contributed by atoms with E-state index in [0.717, 1.165) is 28.8 Å². The molecule has 1 amide bonds. The summed E-state index contributed by atoms with van der Waals surface area (Å²) in [6.07, 6.45) is 1.37. The van der Waals surface area contributed by atoms with Crippen LogP contribution in [0.2, 0.25) is 0 Å². The molecule has 7 nitrogen and oxygen atoms in total. The molecule has 2 aromatic carbocycles. The molecule has 10 heteroatoms. The van der Waals surface area contributed by atoms with Crippen molar-refractivity contribution in [3.63, 3.8) is 0 Å². The zero-order valence-electron chi connectivity index (χ0n) is 20.5. The number of nitrogens with zero attached hydrogens (tertiary/aromatic N) is 4. The number of amides is 1. The van der Waals surface area contributed by atoms with Crippen LogP contribution >= 0.6 is 0 Å². The van der Waals surface area contributed by atoms with Gasteiger partial charge in [0.1, 0.15) is 5.82 Å². The van der Waals surface area contributed by atoms with Crippen molar-refractivity contribution < 1.29 is 18.0 Å². The van der Waals surface area contributed by atoms with E-state index in [-0.39, 0.29) is 6.54 Å². The van der Waals surface area contributed by atoms with Gasteiger partial charge in [-0.2, -0.15) is 23.5 Å². The van der Waals surface area contributed by atoms with Gasteiger partial charge in [0.2, 0.25) is 5.91 Å². The average Bonchev–Trinajstić information content (AvgIpc) is 3.35. The molecule has 2 aromatic heterocycles. The van der Waals surface area contributed by atoms with Crippen molar-refractivity contribution in [1.29, 1.82) is 5.26 Å². The summed E-state index contributed by atoms with van der Waals surface area (Å²) in [5.74, 6) is -0.813. The Labute approximate surface area is 217 Å². The van der Waals surface area contributed by atoms with Crippen molar-refractivity contribution in [3.05, 3.63) is 102 Å². The fourth-order valence-electron chi connectivity index (χ4n) is 3.91. The Kier molecular flexibility index (Phi) is 8.19. The lowest BCUT2D eigenvalue weighted by Gasteiger charge is -2.19. The summed E-state index contributed by atoms with van der Waals surface area (Å²) in [6, 6.07) is 17.4. The van der Waals surface area contributed by atoms with Crippen molar-refractivity contribution in [1.82, 2.24) is 20.1 Å². The van der Waals surface area contributed by atoms with Gasteiger partial charge < -0.3 is 10.6 Å². The Hall–Kier alpha value is -4.49. The third-order valence-electron chi connectivity index (χ3n) is 6.03. The topological polar surface area (TPSA) is 95.6 Å². The van der Waals surface area contributed by atoms with Crippen LogP contribution in [0, 0.1) is 11.3 Å². The highest BCUT2D eigenvalue weighted by molar-refractivity contribution is 5.95. The van der Waals surface area contributed by atoms with Gasteiger partial charge in [0.15, 0.2) is 0 Å². The smallest absolute Gasteiger partial charge is 0.315 e. The maximum absolute atomic E-state index is 13.2. The van der Waals surface area contributed by atoms with E-state index in [0.29, 0.717) is 29.9 Å². The molecule has 0 aliphatic rings. The van der Waals surface area contributed by atoms with E-state index in [1.165, 1.54) is 12.1 Å². The monoisotopic (exact) mass is 518 g/mol. The molecule has 38 heavy (non-hydrogen) atoms. The van der Waals surface area contributed by atoms with Gasteiger partial charge in [-0.05, 0) is 60.5 Å². The first kappa shape index (κ1) is 26.6. The zero-order valence-corrected chi connectivity index (χ0v) is 20.5. The van der Waals surface area contributed by atoms with Gasteiger partial charge in [0.05, 0.1) is 29.3 Å². The van der Waals surface area contributed by atoms with Gasteiger partial charge in [0, 0.05) is 37.1 Å². The molecule has 4 aromatic rings. The Balaban J connectivity index is 1.45. The molecular weight excluding hydrogens is 493 g/mol. The minimum Gasteiger partial charge on any atom is -0.315 e. The lowest BCUT2D eigenvalue weighted by Crippen LogP contribution is -2.32. The van der Waals surface area contributed by atoms with Crippen LogP contribution in [0.1, 0.15) is 28.2 Å². The number of alkyl halides is 3. The van der Waals surface area contributed by atoms with E-state index in [1.807, 2.05) is 31.4 Å². The Morgan fingerprint density at radius 1 is 1.03 bits per heavy atom. The van der Waals surface area contributed by atoms with Crippen molar-refractivity contribution >= 4 is 11.7 Å². The van der Waals surface area contributed by atoms with Crippen molar-refractivity contribution in [2.75, 3.05) is 18.4 Å². The normalized spacial score (nSPS) is 12.1. The van der Waals surface area contributed by atoms with Crippen LogP contribution in [0.5, 0.6) is 0 Å². The summed E-state index contributed by atoms with van der Waals surface area (Å²) in [7, 11) is 1.81. The zero-order chi connectivity index (χ0) is 27.1. The van der Waals surface area contributed by atoms with Crippen LogP contribution in [0.4, 0.5) is 19.0 Å². The van der Waals surface area contributed by atoms with E-state index >= 15 is 0 Å². The predicted molar refractivity (Wildman–Crippen MR) is 137 cm³/mol. The van der Waals surface area contributed by atoms with E-state index in [1.54, 1.807) is 35.3 Å². The summed E-state index contributed by atoms with van der Waals surface area (Å²) in [6.45, 7) is 0.746. The van der Waals surface area contributed by atoms with Gasteiger partial charge in [-0.3, -0.25) is 9.48 Å². The lowest BCUT2D eigenvalue weighted by molar-refractivity contribution is -0.137. The number of carbonyl (C=O) groups is 1. The van der Waals surface area contributed by atoms with Crippen molar-refractivity contribution in [2.24, 2.45) is 7.05 Å². The third kappa shape index (κ3) is 6.83. The number of halogens is 3. The molecule has 0 saturated heterocycles. The van der Waals surface area contributed by atoms with Gasteiger partial charge in [-0.25, -0.2) is 4.98 Å². The number of nitriles is 1. The van der Waals surface area contributed by atoms with E-state index in [2.05, 4.69) is 26.8 Å². The van der Waals surface area contributed by atoms with Gasteiger partial charge in [-0.15, -0.1) is 0 Å². The maximum atomic E-state index is 13.2. The Morgan fingerprint density at radius 2 is 1.76 bits per heavy atom. The van der Waals surface area contributed by atoms with Crippen LogP contribution in [-0.4, -0.2) is 33.8 Å². The second-order valence-electron chi connectivity index (χ2n) is 8.76. The molecule has 0 radical (unpaired) electrons. The number of rotatable bonds is 9.